The number of nitro groups is 1. The number of esters is 1. The Balaban J connectivity index is 1.32. The van der Waals surface area contributed by atoms with Crippen molar-refractivity contribution < 1.29 is 19.2 Å². The first-order valence-electron chi connectivity index (χ1n) is 10.2. The molecule has 2 aromatic rings. The van der Waals surface area contributed by atoms with Crippen LogP contribution in [0, 0.1) is 16.0 Å². The largest absolute Gasteiger partial charge is 0.494 e. The van der Waals surface area contributed by atoms with E-state index in [4.69, 9.17) is 9.47 Å². The lowest BCUT2D eigenvalue weighted by atomic mass is 10.00. The molecule has 1 heterocycles. The highest BCUT2D eigenvalue weighted by molar-refractivity contribution is 5.73. The van der Waals surface area contributed by atoms with Crippen LogP contribution in [0.1, 0.15) is 38.5 Å². The second-order valence-corrected chi connectivity index (χ2v) is 7.17. The smallest absolute Gasteiger partial charge is 0.309 e. The fourth-order valence-corrected chi connectivity index (χ4v) is 3.20. The van der Waals surface area contributed by atoms with Gasteiger partial charge in [-0.15, -0.1) is 0 Å². The van der Waals surface area contributed by atoms with Gasteiger partial charge in [0.05, 0.1) is 35.4 Å². The van der Waals surface area contributed by atoms with Crippen LogP contribution in [0.2, 0.25) is 0 Å². The van der Waals surface area contributed by atoms with Crippen molar-refractivity contribution in [1.82, 2.24) is 0 Å². The first-order chi connectivity index (χ1) is 14.6. The average molecular weight is 411 g/mol. The number of hydrogen-bond acceptors (Lipinski definition) is 7. The molecule has 0 amide bonds. The molecular formula is C22H25N3O5. The Morgan fingerprint density at radius 1 is 0.967 bits per heavy atom. The first kappa shape index (κ1) is 21.4. The quantitative estimate of drug-likeness (QED) is 0.150. The molecule has 1 aliphatic rings. The molecule has 0 aromatic heterocycles. The maximum absolute atomic E-state index is 11.4. The number of non-ortho nitro benzene ring substituents is 1. The number of nitrogens with zero attached hydrogens (tertiary/aromatic N) is 3. The highest BCUT2D eigenvalue weighted by Gasteiger charge is 2.25. The van der Waals surface area contributed by atoms with Crippen LogP contribution < -0.4 is 4.74 Å². The number of benzene rings is 2. The van der Waals surface area contributed by atoms with Crippen molar-refractivity contribution >= 4 is 23.0 Å². The Kier molecular flexibility index (Phi) is 7.88. The van der Waals surface area contributed by atoms with Crippen molar-refractivity contribution in [3.05, 3.63) is 58.6 Å². The number of carbonyl (C=O) groups excluding carboxylic acids is 1. The first-order valence-corrected chi connectivity index (χ1v) is 10.2. The van der Waals surface area contributed by atoms with Gasteiger partial charge in [-0.25, -0.2) is 0 Å². The monoisotopic (exact) mass is 411 g/mol. The highest BCUT2D eigenvalue weighted by atomic mass is 16.6. The number of rotatable bonds is 11. The molecule has 0 saturated carbocycles. The highest BCUT2D eigenvalue weighted by Crippen LogP contribution is 2.24. The number of unbranched alkanes of at least 4 members (excludes halogenated alkanes) is 3. The van der Waals surface area contributed by atoms with E-state index in [0.29, 0.717) is 24.6 Å². The Hall–Kier alpha value is -3.29. The lowest BCUT2D eigenvalue weighted by Crippen LogP contribution is -2.07. The third kappa shape index (κ3) is 6.65. The molecule has 158 valence electrons. The van der Waals surface area contributed by atoms with E-state index in [9.17, 15) is 14.9 Å². The summed E-state index contributed by atoms with van der Waals surface area (Å²) < 4.78 is 10.7. The zero-order valence-corrected chi connectivity index (χ0v) is 16.7. The van der Waals surface area contributed by atoms with Crippen LogP contribution >= 0.6 is 0 Å². The summed E-state index contributed by atoms with van der Waals surface area (Å²) in [6.45, 7) is 1.23. The standard InChI is InChI=1S/C22H25N3O5/c26-22-17(14-16-30-22)5-3-1-2-4-15-29-21-12-8-19(9-13-21)24-23-18-6-10-20(11-7-18)25(27)28/h6-13,17H,1-5,14-16H2. The molecule has 2 aromatic carbocycles. The van der Waals surface area contributed by atoms with Gasteiger partial charge in [0.2, 0.25) is 0 Å². The van der Waals surface area contributed by atoms with Gasteiger partial charge < -0.3 is 9.47 Å². The maximum Gasteiger partial charge on any atom is 0.309 e. The van der Waals surface area contributed by atoms with Gasteiger partial charge in [-0.05, 0) is 55.7 Å². The SMILES string of the molecule is O=C1OCCC1CCCCCCOc1ccc(N=Nc2ccc([N+](=O)[O-])cc2)cc1. The van der Waals surface area contributed by atoms with Crippen molar-refractivity contribution in [1.29, 1.82) is 0 Å². The predicted octanol–water partition coefficient (Wildman–Crippen LogP) is 5.90. The summed E-state index contributed by atoms with van der Waals surface area (Å²) in [6, 6.07) is 13.2. The topological polar surface area (TPSA) is 103 Å². The van der Waals surface area contributed by atoms with Crippen molar-refractivity contribution in [3.8, 4) is 5.75 Å². The lowest BCUT2D eigenvalue weighted by molar-refractivity contribution is -0.384. The molecule has 8 heteroatoms. The molecule has 1 atom stereocenters. The van der Waals surface area contributed by atoms with Crippen molar-refractivity contribution in [2.75, 3.05) is 13.2 Å². The summed E-state index contributed by atoms with van der Waals surface area (Å²) in [5, 5.41) is 18.9. The number of azo groups is 1. The third-order valence-corrected chi connectivity index (χ3v) is 4.94. The Morgan fingerprint density at radius 3 is 2.20 bits per heavy atom. The molecule has 1 aliphatic heterocycles. The minimum Gasteiger partial charge on any atom is -0.494 e. The zero-order valence-electron chi connectivity index (χ0n) is 16.7. The van der Waals surface area contributed by atoms with Crippen molar-refractivity contribution in [2.24, 2.45) is 16.1 Å². The summed E-state index contributed by atoms with van der Waals surface area (Å²) in [7, 11) is 0. The molecule has 1 saturated heterocycles. The van der Waals surface area contributed by atoms with E-state index in [-0.39, 0.29) is 17.6 Å². The number of cyclic esters (lactones) is 1. The van der Waals surface area contributed by atoms with Crippen LogP contribution in [0.15, 0.2) is 58.8 Å². The molecule has 30 heavy (non-hydrogen) atoms. The van der Waals surface area contributed by atoms with Crippen molar-refractivity contribution in [3.63, 3.8) is 0 Å². The number of hydrogen-bond donors (Lipinski definition) is 0. The van der Waals surface area contributed by atoms with Gasteiger partial charge in [0.1, 0.15) is 5.75 Å². The molecule has 3 rings (SSSR count). The van der Waals surface area contributed by atoms with E-state index in [2.05, 4.69) is 10.2 Å². The predicted molar refractivity (Wildman–Crippen MR) is 111 cm³/mol. The van der Waals surface area contributed by atoms with Crippen LogP contribution in [0.3, 0.4) is 0 Å². The second kappa shape index (κ2) is 11.0. The van der Waals surface area contributed by atoms with Gasteiger partial charge >= 0.3 is 5.97 Å². The second-order valence-electron chi connectivity index (χ2n) is 7.17. The molecule has 8 nitrogen and oxygen atoms in total. The van der Waals surface area contributed by atoms with Gasteiger partial charge in [-0.3, -0.25) is 14.9 Å². The molecule has 1 fully saturated rings. The Morgan fingerprint density at radius 2 is 1.60 bits per heavy atom. The third-order valence-electron chi connectivity index (χ3n) is 4.94. The summed E-state index contributed by atoms with van der Waals surface area (Å²) in [5.74, 6) is 0.851. The summed E-state index contributed by atoms with van der Waals surface area (Å²) in [6.07, 6.45) is 5.98. The van der Waals surface area contributed by atoms with E-state index in [0.717, 1.165) is 44.3 Å². The number of ether oxygens (including phenoxy) is 2. The van der Waals surface area contributed by atoms with E-state index in [1.807, 2.05) is 24.3 Å². The fourth-order valence-electron chi connectivity index (χ4n) is 3.20. The van der Waals surface area contributed by atoms with Gasteiger partial charge in [0.25, 0.3) is 5.69 Å². The molecule has 1 unspecified atom stereocenters. The van der Waals surface area contributed by atoms with Crippen LogP contribution in [0.5, 0.6) is 5.75 Å². The van der Waals surface area contributed by atoms with E-state index < -0.39 is 4.92 Å². The van der Waals surface area contributed by atoms with Crippen LogP contribution in [-0.2, 0) is 9.53 Å². The zero-order chi connectivity index (χ0) is 21.2. The summed E-state index contributed by atoms with van der Waals surface area (Å²) in [4.78, 5) is 21.6. The van der Waals surface area contributed by atoms with Gasteiger partial charge in [-0.2, -0.15) is 10.2 Å². The molecule has 0 N–H and O–H groups in total. The molecule has 0 radical (unpaired) electrons. The van der Waals surface area contributed by atoms with E-state index in [1.54, 1.807) is 12.1 Å². The lowest BCUT2D eigenvalue weighted by Gasteiger charge is -2.07. The van der Waals surface area contributed by atoms with Gasteiger partial charge in [0, 0.05) is 12.1 Å². The van der Waals surface area contributed by atoms with Crippen molar-refractivity contribution in [2.45, 2.75) is 38.5 Å². The van der Waals surface area contributed by atoms with Crippen LogP contribution in [0.25, 0.3) is 0 Å². The minimum atomic E-state index is -0.451. The Bertz CT molecular complexity index is 865. The normalized spacial score (nSPS) is 16.0. The van der Waals surface area contributed by atoms with Gasteiger partial charge in [-0.1, -0.05) is 19.3 Å². The minimum absolute atomic E-state index is 0.0222. The number of nitro benzene ring substituents is 1. The average Bonchev–Trinajstić information content (AvgIpc) is 3.17. The van der Waals surface area contributed by atoms with Crippen LogP contribution in [-0.4, -0.2) is 24.1 Å². The van der Waals surface area contributed by atoms with Crippen LogP contribution in [0.4, 0.5) is 17.1 Å². The molecular weight excluding hydrogens is 386 g/mol. The number of carbonyl (C=O) groups is 1. The molecule has 0 aliphatic carbocycles. The summed E-state index contributed by atoms with van der Waals surface area (Å²) >= 11 is 0. The Labute approximate surface area is 175 Å². The van der Waals surface area contributed by atoms with E-state index in [1.165, 1.54) is 12.1 Å². The fraction of sp³-hybridized carbons (Fsp3) is 0.409. The van der Waals surface area contributed by atoms with E-state index >= 15 is 0 Å². The summed E-state index contributed by atoms with van der Waals surface area (Å²) in [5.41, 5.74) is 1.24. The molecule has 0 spiro atoms. The molecule has 0 bridgehead atoms. The maximum atomic E-state index is 11.4. The van der Waals surface area contributed by atoms with Gasteiger partial charge in [0.15, 0.2) is 0 Å².